The highest BCUT2D eigenvalue weighted by Crippen LogP contribution is 2.36. The minimum atomic E-state index is -0.469. The molecule has 0 bridgehead atoms. The lowest BCUT2D eigenvalue weighted by Crippen LogP contribution is -2.16. The van der Waals surface area contributed by atoms with Crippen molar-refractivity contribution < 1.29 is 18.7 Å². The molecule has 1 N–H and O–H groups in total. The van der Waals surface area contributed by atoms with Crippen LogP contribution in [-0.2, 0) is 0 Å². The molecule has 4 aromatic rings. The molecular formula is C24H17ClN2O4. The second-order valence-electron chi connectivity index (χ2n) is 6.54. The highest BCUT2D eigenvalue weighted by molar-refractivity contribution is 6.32. The van der Waals surface area contributed by atoms with Gasteiger partial charge in [0.05, 0.1) is 18.3 Å². The van der Waals surface area contributed by atoms with Gasteiger partial charge in [-0.15, -0.1) is 6.42 Å². The SMILES string of the molecule is C#CCOc1c(Cl)cc(C=NNC(=O)c2cc3c(ccc4ccccc43)o2)cc1OC. The Morgan fingerprint density at radius 2 is 2.06 bits per heavy atom. The summed E-state index contributed by atoms with van der Waals surface area (Å²) in [5, 5.41) is 7.25. The number of hydrazone groups is 1. The maximum Gasteiger partial charge on any atom is 0.307 e. The van der Waals surface area contributed by atoms with Crippen molar-refractivity contribution in [3.8, 4) is 23.8 Å². The number of carbonyl (C=O) groups excluding carboxylic acids is 1. The molecular weight excluding hydrogens is 416 g/mol. The average molecular weight is 433 g/mol. The number of methoxy groups -OCH3 is 1. The first-order valence-electron chi connectivity index (χ1n) is 9.29. The maximum absolute atomic E-state index is 12.5. The van der Waals surface area contributed by atoms with Crippen LogP contribution in [0.1, 0.15) is 16.1 Å². The van der Waals surface area contributed by atoms with E-state index in [4.69, 9.17) is 31.9 Å². The summed E-state index contributed by atoms with van der Waals surface area (Å²) in [5.41, 5.74) is 3.69. The first-order valence-corrected chi connectivity index (χ1v) is 9.67. The summed E-state index contributed by atoms with van der Waals surface area (Å²) in [6, 6.07) is 16.7. The number of hydrogen-bond donors (Lipinski definition) is 1. The third-order valence-corrected chi connectivity index (χ3v) is 4.86. The smallest absolute Gasteiger partial charge is 0.307 e. The zero-order valence-corrected chi connectivity index (χ0v) is 17.3. The van der Waals surface area contributed by atoms with E-state index in [2.05, 4.69) is 16.4 Å². The first kappa shape index (κ1) is 20.3. The lowest BCUT2D eigenvalue weighted by molar-refractivity contribution is 0.0929. The Morgan fingerprint density at radius 1 is 1.23 bits per heavy atom. The van der Waals surface area contributed by atoms with Gasteiger partial charge in [-0.25, -0.2) is 5.43 Å². The fraction of sp³-hybridized carbons (Fsp3) is 0.0833. The standard InChI is InChI=1S/C24H17ClN2O4/c1-3-10-30-23-19(25)11-15(12-21(23)29-2)14-26-27-24(28)22-13-18-17-7-5-4-6-16(17)8-9-20(18)31-22/h1,4-9,11-14H,10H2,2H3,(H,27,28). The van der Waals surface area contributed by atoms with Crippen LogP contribution in [0.4, 0.5) is 0 Å². The second kappa shape index (κ2) is 8.82. The van der Waals surface area contributed by atoms with Crippen LogP contribution in [-0.4, -0.2) is 25.8 Å². The molecule has 0 unspecified atom stereocenters. The van der Waals surface area contributed by atoms with Crippen molar-refractivity contribution in [3.63, 3.8) is 0 Å². The summed E-state index contributed by atoms with van der Waals surface area (Å²) in [7, 11) is 1.49. The number of benzene rings is 3. The first-order chi connectivity index (χ1) is 15.1. The van der Waals surface area contributed by atoms with Crippen molar-refractivity contribution in [2.24, 2.45) is 5.10 Å². The summed E-state index contributed by atoms with van der Waals surface area (Å²) < 4.78 is 16.4. The van der Waals surface area contributed by atoms with Crippen LogP contribution >= 0.6 is 11.6 Å². The number of hydrogen-bond acceptors (Lipinski definition) is 5. The van der Waals surface area contributed by atoms with Crippen molar-refractivity contribution >= 4 is 45.5 Å². The molecule has 0 saturated heterocycles. The van der Waals surface area contributed by atoms with Crippen molar-refractivity contribution in [1.29, 1.82) is 0 Å². The number of terminal acetylenes is 1. The van der Waals surface area contributed by atoms with Gasteiger partial charge >= 0.3 is 5.91 Å². The van der Waals surface area contributed by atoms with Gasteiger partial charge < -0.3 is 13.9 Å². The largest absolute Gasteiger partial charge is 0.493 e. The fourth-order valence-corrected chi connectivity index (χ4v) is 3.47. The van der Waals surface area contributed by atoms with Crippen molar-refractivity contribution in [2.45, 2.75) is 0 Å². The quantitative estimate of drug-likeness (QED) is 0.263. The molecule has 1 aromatic heterocycles. The van der Waals surface area contributed by atoms with Crippen molar-refractivity contribution in [2.75, 3.05) is 13.7 Å². The summed E-state index contributed by atoms with van der Waals surface area (Å²) in [6.07, 6.45) is 6.65. The van der Waals surface area contributed by atoms with E-state index in [1.165, 1.54) is 13.3 Å². The molecule has 1 heterocycles. The molecule has 0 saturated carbocycles. The second-order valence-corrected chi connectivity index (χ2v) is 6.94. The van der Waals surface area contributed by atoms with Crippen molar-refractivity contribution in [3.05, 3.63) is 70.9 Å². The summed E-state index contributed by atoms with van der Waals surface area (Å²) >= 11 is 6.24. The Labute approximate surface area is 183 Å². The van der Waals surface area contributed by atoms with E-state index < -0.39 is 5.91 Å². The van der Waals surface area contributed by atoms with Gasteiger partial charge in [-0.2, -0.15) is 5.10 Å². The number of nitrogens with one attached hydrogen (secondary N) is 1. The van der Waals surface area contributed by atoms with Gasteiger partial charge in [-0.05, 0) is 40.6 Å². The molecule has 31 heavy (non-hydrogen) atoms. The summed E-state index contributed by atoms with van der Waals surface area (Å²) in [4.78, 5) is 12.5. The Morgan fingerprint density at radius 3 is 2.87 bits per heavy atom. The number of halogens is 1. The average Bonchev–Trinajstić information content (AvgIpc) is 3.23. The van der Waals surface area contributed by atoms with E-state index in [1.54, 1.807) is 18.2 Å². The molecule has 0 aliphatic heterocycles. The van der Waals surface area contributed by atoms with Gasteiger partial charge in [0.25, 0.3) is 0 Å². The maximum atomic E-state index is 12.5. The molecule has 0 aliphatic rings. The molecule has 0 spiro atoms. The number of furan rings is 1. The van der Waals surface area contributed by atoms with Crippen molar-refractivity contribution in [1.82, 2.24) is 5.43 Å². The summed E-state index contributed by atoms with van der Waals surface area (Å²) in [5.74, 6) is 2.81. The van der Waals surface area contributed by atoms with Gasteiger partial charge in [-0.1, -0.05) is 47.9 Å². The van der Waals surface area contributed by atoms with Crippen LogP contribution in [0.5, 0.6) is 11.5 Å². The van der Waals surface area contributed by atoms with Gasteiger partial charge in [-0.3, -0.25) is 4.79 Å². The Hall–Kier alpha value is -3.95. The number of ether oxygens (including phenoxy) is 2. The molecule has 4 rings (SSSR count). The van der Waals surface area contributed by atoms with Crippen LogP contribution in [0, 0.1) is 12.3 Å². The third-order valence-electron chi connectivity index (χ3n) is 4.58. The number of fused-ring (bicyclic) bond motifs is 3. The topological polar surface area (TPSA) is 73.1 Å². The molecule has 3 aromatic carbocycles. The number of amides is 1. The minimum Gasteiger partial charge on any atom is -0.493 e. The highest BCUT2D eigenvalue weighted by Gasteiger charge is 2.14. The van der Waals surface area contributed by atoms with Crippen LogP contribution in [0.2, 0.25) is 5.02 Å². The minimum absolute atomic E-state index is 0.0619. The molecule has 0 radical (unpaired) electrons. The predicted octanol–water partition coefficient (Wildman–Crippen LogP) is 5.02. The van der Waals surface area contributed by atoms with E-state index in [0.717, 1.165) is 16.2 Å². The molecule has 154 valence electrons. The number of nitrogens with zero attached hydrogens (tertiary/aromatic N) is 1. The Bertz CT molecular complexity index is 1350. The molecule has 0 aliphatic carbocycles. The van der Waals surface area contributed by atoms with E-state index in [9.17, 15) is 4.79 Å². The Balaban J connectivity index is 1.53. The molecule has 0 atom stereocenters. The number of carbonyl (C=O) groups is 1. The molecule has 1 amide bonds. The molecule has 6 nitrogen and oxygen atoms in total. The van der Waals surface area contributed by atoms with Crippen LogP contribution in [0.3, 0.4) is 0 Å². The lowest BCUT2D eigenvalue weighted by Gasteiger charge is -2.11. The lowest BCUT2D eigenvalue weighted by atomic mass is 10.1. The van der Waals surface area contributed by atoms with Gasteiger partial charge in [0.1, 0.15) is 12.2 Å². The Kier molecular flexibility index (Phi) is 5.78. The predicted molar refractivity (Wildman–Crippen MR) is 121 cm³/mol. The van der Waals surface area contributed by atoms with Gasteiger partial charge in [0.15, 0.2) is 17.3 Å². The monoisotopic (exact) mass is 432 g/mol. The fourth-order valence-electron chi connectivity index (χ4n) is 3.19. The molecule has 0 fully saturated rings. The van der Waals surface area contributed by atoms with Gasteiger partial charge in [0.2, 0.25) is 0 Å². The zero-order chi connectivity index (χ0) is 21.8. The van der Waals surface area contributed by atoms with Crippen LogP contribution in [0.15, 0.2) is 64.1 Å². The van der Waals surface area contributed by atoms with E-state index in [0.29, 0.717) is 27.7 Å². The van der Waals surface area contributed by atoms with Gasteiger partial charge in [0, 0.05) is 5.39 Å². The third kappa shape index (κ3) is 4.18. The normalized spacial score (nSPS) is 11.0. The van der Waals surface area contributed by atoms with E-state index in [1.807, 2.05) is 36.4 Å². The number of rotatable bonds is 6. The van der Waals surface area contributed by atoms with Crippen LogP contribution < -0.4 is 14.9 Å². The van der Waals surface area contributed by atoms with E-state index in [-0.39, 0.29) is 12.4 Å². The van der Waals surface area contributed by atoms with Crippen LogP contribution in [0.25, 0.3) is 21.7 Å². The van der Waals surface area contributed by atoms with E-state index >= 15 is 0 Å². The summed E-state index contributed by atoms with van der Waals surface area (Å²) in [6.45, 7) is 0.0619. The zero-order valence-electron chi connectivity index (χ0n) is 16.5. The molecule has 7 heteroatoms. The highest BCUT2D eigenvalue weighted by atomic mass is 35.5.